The van der Waals surface area contributed by atoms with Crippen molar-refractivity contribution in [2.24, 2.45) is 9.03 Å². The van der Waals surface area contributed by atoms with Crippen molar-refractivity contribution in [2.75, 3.05) is 91.7 Å². The highest BCUT2D eigenvalue weighted by Gasteiger charge is 2.38. The van der Waals surface area contributed by atoms with Gasteiger partial charge < -0.3 is 0 Å². The lowest BCUT2D eigenvalue weighted by atomic mass is 11.2. The van der Waals surface area contributed by atoms with Crippen molar-refractivity contribution in [3.05, 3.63) is 0 Å². The molecule has 0 radical (unpaired) electrons. The second kappa shape index (κ2) is 10.2. The molecule has 0 aromatic heterocycles. The van der Waals surface area contributed by atoms with Crippen LogP contribution in [0.15, 0.2) is 9.03 Å². The van der Waals surface area contributed by atoms with Crippen molar-refractivity contribution in [1.29, 1.82) is 0 Å². The van der Waals surface area contributed by atoms with Gasteiger partial charge >= 0.3 is 8.45 Å². The lowest BCUT2D eigenvalue weighted by Crippen LogP contribution is -2.31. The fourth-order valence-corrected chi connectivity index (χ4v) is 14.6. The minimum atomic E-state index is -2.05. The molecule has 0 bridgehead atoms. The number of hydrogen-bond acceptors (Lipinski definition) is 3. The monoisotopic (exact) mass is 417 g/mol. The van der Waals surface area contributed by atoms with Gasteiger partial charge in [0.25, 0.3) is 0 Å². The largest absolute Gasteiger partial charge is 0.370 e. The zero-order valence-electron chi connectivity index (χ0n) is 18.4. The third-order valence-electron chi connectivity index (χ3n) is 3.84. The lowest BCUT2D eigenvalue weighted by Gasteiger charge is -2.40. The molecule has 0 saturated heterocycles. The minimum Gasteiger partial charge on any atom is -0.249 e. The number of rotatable bonds is 9. The van der Waals surface area contributed by atoms with Crippen LogP contribution < -0.4 is 0 Å². The zero-order chi connectivity index (χ0) is 20.2. The Hall–Kier alpha value is 0.610. The van der Waals surface area contributed by atoms with E-state index in [-0.39, 0.29) is 0 Å². The van der Waals surface area contributed by atoms with Crippen molar-refractivity contribution >= 4 is 23.5 Å². The first kappa shape index (κ1) is 25.6. The van der Waals surface area contributed by atoms with E-state index in [0.29, 0.717) is 0 Å². The first-order valence-electron chi connectivity index (χ1n) is 8.03. The number of nitrogens with zero attached hydrogens (tertiary/aromatic N) is 8. The molecule has 12 heteroatoms. The Morgan fingerprint density at radius 2 is 0.720 bits per heavy atom. The summed E-state index contributed by atoms with van der Waals surface area (Å²) in [7, 11) is 20.7. The fraction of sp³-hybridized carbons (Fsp3) is 1.00. The molecule has 152 valence electrons. The highest BCUT2D eigenvalue weighted by molar-refractivity contribution is 7.71. The summed E-state index contributed by atoms with van der Waals surface area (Å²) in [5, 5.41) is 0. The van der Waals surface area contributed by atoms with Gasteiger partial charge in [0.15, 0.2) is 0 Å². The molecule has 0 N–H and O–H groups in total. The van der Waals surface area contributed by atoms with Crippen molar-refractivity contribution in [2.45, 2.75) is 0 Å². The van der Waals surface area contributed by atoms with Gasteiger partial charge in [-0.3, -0.25) is 0 Å². The van der Waals surface area contributed by atoms with E-state index in [1.165, 1.54) is 0 Å². The summed E-state index contributed by atoms with van der Waals surface area (Å²) in [4.78, 5) is 0. The molecular formula is C13H40N8OP3+. The summed E-state index contributed by atoms with van der Waals surface area (Å²) in [6.45, 7) is 0. The van der Waals surface area contributed by atoms with Crippen molar-refractivity contribution in [1.82, 2.24) is 28.0 Å². The lowest BCUT2D eigenvalue weighted by molar-refractivity contribution is 0.449. The second-order valence-electron chi connectivity index (χ2n) is 6.84. The molecule has 0 heterocycles. The van der Waals surface area contributed by atoms with Gasteiger partial charge in [0.2, 0.25) is 15.0 Å². The van der Waals surface area contributed by atoms with Crippen LogP contribution in [0.4, 0.5) is 0 Å². The molecule has 25 heavy (non-hydrogen) atoms. The third kappa shape index (κ3) is 5.32. The van der Waals surface area contributed by atoms with Crippen LogP contribution >= 0.6 is 23.5 Å². The molecule has 0 aliphatic carbocycles. The number of hydrogen-bond donors (Lipinski definition) is 0. The Kier molecular flexibility index (Phi) is 10.5. The van der Waals surface area contributed by atoms with Gasteiger partial charge in [-0.2, -0.15) is 4.52 Å². The van der Waals surface area contributed by atoms with E-state index in [1.54, 1.807) is 7.11 Å². The van der Waals surface area contributed by atoms with Gasteiger partial charge in [-0.25, -0.2) is 28.0 Å². The summed E-state index contributed by atoms with van der Waals surface area (Å²) < 4.78 is 29.4. The van der Waals surface area contributed by atoms with Gasteiger partial charge in [-0.1, -0.05) is 0 Å². The first-order chi connectivity index (χ1) is 11.3. The summed E-state index contributed by atoms with van der Waals surface area (Å²) in [6, 6.07) is 0. The van der Waals surface area contributed by atoms with Gasteiger partial charge in [0, 0.05) is 0 Å². The Balaban J connectivity index is 6.67. The second-order valence-corrected chi connectivity index (χ2v) is 16.4. The Morgan fingerprint density at radius 3 is 0.840 bits per heavy atom. The van der Waals surface area contributed by atoms with E-state index in [1.807, 2.05) is 0 Å². The van der Waals surface area contributed by atoms with E-state index >= 15 is 0 Å². The van der Waals surface area contributed by atoms with Crippen molar-refractivity contribution in [3.8, 4) is 0 Å². The third-order valence-corrected chi connectivity index (χ3v) is 14.2. The molecule has 0 saturated carbocycles. The smallest absolute Gasteiger partial charge is 0.249 e. The van der Waals surface area contributed by atoms with Gasteiger partial charge in [-0.15, -0.1) is 0 Å². The van der Waals surface area contributed by atoms with Crippen LogP contribution in [0, 0.1) is 0 Å². The van der Waals surface area contributed by atoms with E-state index in [2.05, 4.69) is 113 Å². The van der Waals surface area contributed by atoms with E-state index < -0.39 is 23.5 Å². The predicted octanol–water partition coefficient (Wildman–Crippen LogP) is 2.85. The van der Waals surface area contributed by atoms with Crippen LogP contribution in [0.3, 0.4) is 0 Å². The molecule has 0 atom stereocenters. The van der Waals surface area contributed by atoms with Crippen LogP contribution in [-0.4, -0.2) is 120 Å². The molecule has 0 aromatic carbocycles. The fourth-order valence-electron chi connectivity index (χ4n) is 3.01. The van der Waals surface area contributed by atoms with E-state index in [0.717, 1.165) is 0 Å². The van der Waals surface area contributed by atoms with E-state index in [4.69, 9.17) is 13.6 Å². The maximum atomic E-state index is 5.83. The zero-order valence-corrected chi connectivity index (χ0v) is 21.2. The standard InChI is InChI=1S/C13H39N8OP3/c1-16(2)24(17(3)4,18(5)6)14-23(22-13)15-25(19(7)8,20(9)10)21(11)12/h1-13H3/p+1. The van der Waals surface area contributed by atoms with Gasteiger partial charge in [-0.05, 0) is 93.6 Å². The summed E-state index contributed by atoms with van der Waals surface area (Å²) >= 11 is 0. The minimum absolute atomic E-state index is 1.71. The highest BCUT2D eigenvalue weighted by Crippen LogP contribution is 2.67. The molecule has 9 nitrogen and oxygen atoms in total. The van der Waals surface area contributed by atoms with Crippen molar-refractivity contribution in [3.63, 3.8) is 0 Å². The Morgan fingerprint density at radius 1 is 0.520 bits per heavy atom. The topological polar surface area (TPSA) is 53.4 Å². The van der Waals surface area contributed by atoms with Crippen LogP contribution in [0.2, 0.25) is 0 Å². The average molecular weight is 417 g/mol. The SMILES string of the molecule is CO[PH+](N=P(N(C)C)(N(C)C)N(C)C)N=P(N(C)C)(N(C)C)N(C)C. The molecule has 0 amide bonds. The van der Waals surface area contributed by atoms with Crippen LogP contribution in [-0.2, 0) is 4.52 Å². The highest BCUT2D eigenvalue weighted by atomic mass is 31.2. The Bertz CT molecular complexity index is 418. The average Bonchev–Trinajstić information content (AvgIpc) is 2.45. The van der Waals surface area contributed by atoms with Gasteiger partial charge in [0.05, 0.1) is 7.11 Å². The molecule has 0 aliphatic rings. The maximum Gasteiger partial charge on any atom is 0.370 e. The normalized spacial score (nSPS) is 14.1. The van der Waals surface area contributed by atoms with Crippen LogP contribution in [0.25, 0.3) is 0 Å². The Labute approximate surface area is 157 Å². The summed E-state index contributed by atoms with van der Waals surface area (Å²) in [6.07, 6.45) is 0. The van der Waals surface area contributed by atoms with Crippen molar-refractivity contribution < 1.29 is 4.52 Å². The first-order valence-corrected chi connectivity index (χ1v) is 12.5. The van der Waals surface area contributed by atoms with Crippen LogP contribution in [0.5, 0.6) is 0 Å². The molecule has 0 unspecified atom stereocenters. The van der Waals surface area contributed by atoms with E-state index in [9.17, 15) is 0 Å². The van der Waals surface area contributed by atoms with Crippen LogP contribution in [0.1, 0.15) is 0 Å². The molecule has 0 fully saturated rings. The summed E-state index contributed by atoms with van der Waals surface area (Å²) in [5.74, 6) is 0. The molecule has 0 rings (SSSR count). The maximum absolute atomic E-state index is 5.83. The molecule has 0 aliphatic heterocycles. The summed E-state index contributed by atoms with van der Waals surface area (Å²) in [5.41, 5.74) is 0. The van der Waals surface area contributed by atoms with Gasteiger partial charge in [0.1, 0.15) is 0 Å². The molecule has 0 spiro atoms. The predicted molar refractivity (Wildman–Crippen MR) is 116 cm³/mol. The quantitative estimate of drug-likeness (QED) is 0.535. The molecular weight excluding hydrogens is 377 g/mol. The molecule has 0 aromatic rings.